The van der Waals surface area contributed by atoms with E-state index < -0.39 is 32.7 Å². The topological polar surface area (TPSA) is 81.6 Å². The van der Waals surface area contributed by atoms with Gasteiger partial charge in [0.2, 0.25) is 5.95 Å². The molecule has 0 saturated carbocycles. The van der Waals surface area contributed by atoms with Gasteiger partial charge in [-0.1, -0.05) is 11.6 Å². The van der Waals surface area contributed by atoms with Crippen molar-refractivity contribution >= 4 is 27.4 Å². The molecular weight excluding hydrogens is 464 g/mol. The van der Waals surface area contributed by atoms with E-state index in [2.05, 4.69) is 14.9 Å². The molecule has 0 bridgehead atoms. The summed E-state index contributed by atoms with van der Waals surface area (Å²) in [6.07, 6.45) is 5.94. The number of hydrogen-bond acceptors (Lipinski definition) is 7. The predicted molar refractivity (Wildman–Crippen MR) is 114 cm³/mol. The molecule has 1 aromatic heterocycles. The summed E-state index contributed by atoms with van der Waals surface area (Å²) in [6, 6.07) is 1.91. The molecule has 0 radical (unpaired) electrons. The molecule has 174 valence electrons. The lowest BCUT2D eigenvalue weighted by atomic mass is 9.87. The zero-order chi connectivity index (χ0) is 22.9. The van der Waals surface area contributed by atoms with Crippen LogP contribution in [0.1, 0.15) is 31.1 Å². The maximum Gasteiger partial charge on any atom is 0.225 e. The smallest absolute Gasteiger partial charge is 0.225 e. The Morgan fingerprint density at radius 1 is 1.06 bits per heavy atom. The molecule has 4 rings (SSSR count). The van der Waals surface area contributed by atoms with Crippen LogP contribution in [0.15, 0.2) is 29.4 Å². The van der Waals surface area contributed by atoms with Gasteiger partial charge in [-0.25, -0.2) is 27.2 Å². The summed E-state index contributed by atoms with van der Waals surface area (Å²) in [7, 11) is -4.01. The van der Waals surface area contributed by atoms with Crippen molar-refractivity contribution in [2.24, 2.45) is 11.8 Å². The molecule has 2 saturated heterocycles. The summed E-state index contributed by atoms with van der Waals surface area (Å²) in [5.74, 6) is -0.918. The zero-order valence-electron chi connectivity index (χ0n) is 17.5. The van der Waals surface area contributed by atoms with Gasteiger partial charge >= 0.3 is 0 Å². The number of anilines is 1. The zero-order valence-corrected chi connectivity index (χ0v) is 19.1. The minimum absolute atomic E-state index is 0.127. The van der Waals surface area contributed by atoms with Crippen molar-refractivity contribution in [2.45, 2.75) is 30.4 Å². The molecule has 0 amide bonds. The first kappa shape index (κ1) is 23.3. The number of halogens is 3. The number of sulfone groups is 1. The lowest BCUT2D eigenvalue weighted by molar-refractivity contribution is -0.207. The van der Waals surface area contributed by atoms with Crippen molar-refractivity contribution in [3.8, 4) is 0 Å². The predicted octanol–water partition coefficient (Wildman–Crippen LogP) is 3.78. The molecule has 2 aromatic rings. The Balaban J connectivity index is 1.28. The number of nitrogens with zero attached hydrogens (tertiary/aromatic N) is 3. The molecule has 11 heteroatoms. The van der Waals surface area contributed by atoms with Crippen molar-refractivity contribution in [3.05, 3.63) is 46.7 Å². The summed E-state index contributed by atoms with van der Waals surface area (Å²) >= 11 is 5.84. The van der Waals surface area contributed by atoms with Crippen LogP contribution in [0.4, 0.5) is 14.7 Å². The van der Waals surface area contributed by atoms with Gasteiger partial charge in [-0.05, 0) is 37.3 Å². The first-order valence-corrected chi connectivity index (χ1v) is 12.6. The number of hydrogen-bond donors (Lipinski definition) is 0. The SMILES string of the molecule is CS(=O)(=O)c1c(F)cc([C@H]2OC[C@@H](CC3CCN(c4ncc(Cl)cn4)CC3)CO2)cc1F. The molecule has 7 nitrogen and oxygen atoms in total. The molecule has 0 atom stereocenters. The van der Waals surface area contributed by atoms with Gasteiger partial charge in [-0.3, -0.25) is 0 Å². The van der Waals surface area contributed by atoms with Gasteiger partial charge in [0.15, 0.2) is 16.1 Å². The highest BCUT2D eigenvalue weighted by Gasteiger charge is 2.30. The maximum atomic E-state index is 14.2. The molecule has 0 unspecified atom stereocenters. The number of ether oxygens (including phenoxy) is 2. The van der Waals surface area contributed by atoms with Crippen molar-refractivity contribution < 1.29 is 26.7 Å². The summed E-state index contributed by atoms with van der Waals surface area (Å²) in [5.41, 5.74) is 0.127. The molecule has 2 aliphatic heterocycles. The van der Waals surface area contributed by atoms with Gasteiger partial charge in [0.25, 0.3) is 0 Å². The van der Waals surface area contributed by atoms with Crippen LogP contribution in [-0.4, -0.2) is 50.9 Å². The first-order chi connectivity index (χ1) is 15.2. The molecule has 0 spiro atoms. The lowest BCUT2D eigenvalue weighted by Gasteiger charge is -2.35. The third-order valence-corrected chi connectivity index (χ3v) is 7.13. The first-order valence-electron chi connectivity index (χ1n) is 10.4. The minimum atomic E-state index is -4.01. The van der Waals surface area contributed by atoms with Gasteiger partial charge in [0, 0.05) is 30.8 Å². The normalized spacial score (nSPS) is 22.8. The van der Waals surface area contributed by atoms with E-state index in [1.54, 1.807) is 12.4 Å². The minimum Gasteiger partial charge on any atom is -0.348 e. The summed E-state index contributed by atoms with van der Waals surface area (Å²) in [5, 5.41) is 0.510. The van der Waals surface area contributed by atoms with Crippen LogP contribution in [-0.2, 0) is 19.3 Å². The standard InChI is InChI=1S/C21H24ClF2N3O4S/c1-32(28,29)19-17(23)7-15(8-18(19)24)20-30-11-14(12-31-20)6-13-2-4-27(5-3-13)21-25-9-16(22)10-26-21/h7-10,13-14,20H,2-6,11-12H2,1H3/t14-,20+. The number of piperidine rings is 1. The van der Waals surface area contributed by atoms with E-state index in [0.717, 1.165) is 50.7 Å². The average molecular weight is 488 g/mol. The van der Waals surface area contributed by atoms with Gasteiger partial charge in [0.1, 0.15) is 16.5 Å². The van der Waals surface area contributed by atoms with Crippen molar-refractivity contribution in [1.82, 2.24) is 9.97 Å². The summed E-state index contributed by atoms with van der Waals surface area (Å²) in [4.78, 5) is 9.73. The highest BCUT2D eigenvalue weighted by atomic mass is 35.5. The Labute approximate surface area is 190 Å². The third-order valence-electron chi connectivity index (χ3n) is 5.80. The Hall–Kier alpha value is -1.88. The van der Waals surface area contributed by atoms with Crippen LogP contribution >= 0.6 is 11.6 Å². The quantitative estimate of drug-likeness (QED) is 0.634. The third kappa shape index (κ3) is 5.36. The van der Waals surface area contributed by atoms with Gasteiger partial charge in [-0.2, -0.15) is 0 Å². The fourth-order valence-electron chi connectivity index (χ4n) is 4.25. The van der Waals surface area contributed by atoms with E-state index >= 15 is 0 Å². The highest BCUT2D eigenvalue weighted by Crippen LogP contribution is 2.33. The van der Waals surface area contributed by atoms with Crippen molar-refractivity contribution in [1.29, 1.82) is 0 Å². The van der Waals surface area contributed by atoms with E-state index in [9.17, 15) is 17.2 Å². The van der Waals surface area contributed by atoms with Crippen LogP contribution in [0, 0.1) is 23.5 Å². The molecule has 2 aliphatic rings. The average Bonchev–Trinajstić information content (AvgIpc) is 2.74. The Bertz CT molecular complexity index is 1030. The Kier molecular flexibility index (Phi) is 6.94. The van der Waals surface area contributed by atoms with E-state index in [-0.39, 0.29) is 11.5 Å². The van der Waals surface area contributed by atoms with E-state index in [0.29, 0.717) is 30.1 Å². The van der Waals surface area contributed by atoms with Crippen LogP contribution in [0.3, 0.4) is 0 Å². The Morgan fingerprint density at radius 3 is 2.16 bits per heavy atom. The summed E-state index contributed by atoms with van der Waals surface area (Å²) in [6.45, 7) is 2.52. The van der Waals surface area contributed by atoms with E-state index in [1.807, 2.05) is 0 Å². The van der Waals surface area contributed by atoms with Crippen LogP contribution in [0.25, 0.3) is 0 Å². The lowest BCUT2D eigenvalue weighted by Crippen LogP contribution is -2.37. The second-order valence-electron chi connectivity index (χ2n) is 8.32. The maximum absolute atomic E-state index is 14.2. The molecule has 3 heterocycles. The number of aromatic nitrogens is 2. The molecule has 1 aromatic carbocycles. The van der Waals surface area contributed by atoms with Gasteiger partial charge in [0.05, 0.1) is 30.6 Å². The van der Waals surface area contributed by atoms with Crippen molar-refractivity contribution in [2.75, 3.05) is 37.5 Å². The van der Waals surface area contributed by atoms with Gasteiger partial charge < -0.3 is 14.4 Å². The van der Waals surface area contributed by atoms with Crippen LogP contribution in [0.5, 0.6) is 0 Å². The van der Waals surface area contributed by atoms with Gasteiger partial charge in [-0.15, -0.1) is 0 Å². The van der Waals surface area contributed by atoms with Crippen LogP contribution in [0.2, 0.25) is 5.02 Å². The monoisotopic (exact) mass is 487 g/mol. The summed E-state index contributed by atoms with van der Waals surface area (Å²) < 4.78 is 62.9. The largest absolute Gasteiger partial charge is 0.348 e. The second-order valence-corrected chi connectivity index (χ2v) is 10.7. The molecule has 0 N–H and O–H groups in total. The fraction of sp³-hybridized carbons (Fsp3) is 0.524. The van der Waals surface area contributed by atoms with E-state index in [4.69, 9.17) is 21.1 Å². The van der Waals surface area contributed by atoms with Crippen molar-refractivity contribution in [3.63, 3.8) is 0 Å². The molecule has 0 aliphatic carbocycles. The number of benzene rings is 1. The van der Waals surface area contributed by atoms with Crippen LogP contribution < -0.4 is 4.90 Å². The molecule has 32 heavy (non-hydrogen) atoms. The fourth-order valence-corrected chi connectivity index (χ4v) is 5.17. The highest BCUT2D eigenvalue weighted by molar-refractivity contribution is 7.90. The van der Waals surface area contributed by atoms with E-state index in [1.165, 1.54) is 0 Å². The Morgan fingerprint density at radius 2 is 1.62 bits per heavy atom. The second kappa shape index (κ2) is 9.54. The molecular formula is C21H24ClF2N3O4S. The number of rotatable bonds is 5. The molecule has 2 fully saturated rings.